The lowest BCUT2D eigenvalue weighted by atomic mass is 9.86. The summed E-state index contributed by atoms with van der Waals surface area (Å²) in [6, 6.07) is 2.80. The van der Waals surface area contributed by atoms with Gasteiger partial charge in [-0.1, -0.05) is 27.7 Å². The van der Waals surface area contributed by atoms with Gasteiger partial charge in [0, 0.05) is 12.6 Å². The summed E-state index contributed by atoms with van der Waals surface area (Å²) in [6.07, 6.45) is 1.16. The smallest absolute Gasteiger partial charge is 0.00106 e. The Morgan fingerprint density at radius 1 is 1.43 bits per heavy atom. The molecule has 2 heteroatoms. The maximum atomic E-state index is 3.50. The predicted octanol–water partition coefficient (Wildman–Crippen LogP) is 3.31. The monoisotopic (exact) mass is 211 g/mol. The highest BCUT2D eigenvalue weighted by Gasteiger charge is 2.18. The van der Waals surface area contributed by atoms with Crippen molar-refractivity contribution < 1.29 is 0 Å². The Morgan fingerprint density at radius 2 is 2.14 bits per heavy atom. The molecule has 0 aliphatic carbocycles. The molecule has 0 aliphatic heterocycles. The van der Waals surface area contributed by atoms with E-state index < -0.39 is 0 Å². The lowest BCUT2D eigenvalue weighted by Crippen LogP contribution is -2.35. The van der Waals surface area contributed by atoms with E-state index in [4.69, 9.17) is 0 Å². The Kier molecular flexibility index (Phi) is 4.14. The van der Waals surface area contributed by atoms with Crippen LogP contribution in [0.4, 0.5) is 0 Å². The number of hydrogen-bond acceptors (Lipinski definition) is 2. The average Bonchev–Trinajstić information content (AvgIpc) is 2.53. The van der Waals surface area contributed by atoms with Gasteiger partial charge in [-0.15, -0.1) is 0 Å². The number of nitrogens with one attached hydrogen (secondary N) is 1. The van der Waals surface area contributed by atoms with Crippen molar-refractivity contribution in [1.29, 1.82) is 0 Å². The minimum absolute atomic E-state index is 0.353. The van der Waals surface area contributed by atoms with Crippen LogP contribution in [0.25, 0.3) is 0 Å². The quantitative estimate of drug-likeness (QED) is 0.788. The molecule has 0 bridgehead atoms. The van der Waals surface area contributed by atoms with Crippen molar-refractivity contribution in [2.75, 3.05) is 6.54 Å². The highest BCUT2D eigenvalue weighted by atomic mass is 32.1. The largest absolute Gasteiger partial charge is 0.314 e. The second-order valence-corrected chi connectivity index (χ2v) is 5.79. The minimum atomic E-state index is 0.353. The van der Waals surface area contributed by atoms with Crippen LogP contribution in [0.15, 0.2) is 16.8 Å². The Balaban J connectivity index is 2.41. The summed E-state index contributed by atoms with van der Waals surface area (Å²) < 4.78 is 0. The molecule has 1 nitrogen and oxygen atoms in total. The molecule has 0 saturated carbocycles. The van der Waals surface area contributed by atoms with E-state index in [0.717, 1.165) is 13.0 Å². The molecule has 1 aromatic rings. The summed E-state index contributed by atoms with van der Waals surface area (Å²) in [5.74, 6) is 0. The summed E-state index contributed by atoms with van der Waals surface area (Å²) in [5.41, 5.74) is 1.82. The van der Waals surface area contributed by atoms with Gasteiger partial charge in [0.15, 0.2) is 0 Å². The molecule has 0 amide bonds. The van der Waals surface area contributed by atoms with Crippen molar-refractivity contribution in [3.05, 3.63) is 22.4 Å². The standard InChI is InChI=1S/C12H21NS/c1-10(2)13-9-12(3,4)7-11-5-6-14-8-11/h5-6,8,10,13H,7,9H2,1-4H3. The van der Waals surface area contributed by atoms with Crippen LogP contribution in [0.5, 0.6) is 0 Å². The normalized spacial score (nSPS) is 12.4. The molecule has 0 spiro atoms. The molecule has 1 N–H and O–H groups in total. The van der Waals surface area contributed by atoms with Gasteiger partial charge >= 0.3 is 0 Å². The van der Waals surface area contributed by atoms with Crippen LogP contribution in [0.1, 0.15) is 33.3 Å². The molecule has 0 aromatic carbocycles. The maximum Gasteiger partial charge on any atom is 0.00106 e. The maximum absolute atomic E-state index is 3.50. The fourth-order valence-electron chi connectivity index (χ4n) is 1.49. The topological polar surface area (TPSA) is 12.0 Å². The third-order valence-corrected chi connectivity index (χ3v) is 2.98. The molecular formula is C12H21NS. The highest BCUT2D eigenvalue weighted by molar-refractivity contribution is 7.07. The first kappa shape index (κ1) is 11.7. The fraction of sp³-hybridized carbons (Fsp3) is 0.667. The van der Waals surface area contributed by atoms with Gasteiger partial charge in [0.2, 0.25) is 0 Å². The SMILES string of the molecule is CC(C)NCC(C)(C)Cc1ccsc1. The van der Waals surface area contributed by atoms with E-state index in [1.807, 2.05) is 0 Å². The van der Waals surface area contributed by atoms with Crippen LogP contribution < -0.4 is 5.32 Å². The second-order valence-electron chi connectivity index (χ2n) is 5.01. The van der Waals surface area contributed by atoms with Crippen LogP contribution in [0, 0.1) is 5.41 Å². The zero-order chi connectivity index (χ0) is 10.6. The third-order valence-electron chi connectivity index (χ3n) is 2.25. The average molecular weight is 211 g/mol. The lowest BCUT2D eigenvalue weighted by Gasteiger charge is -2.26. The van der Waals surface area contributed by atoms with E-state index in [1.165, 1.54) is 5.56 Å². The zero-order valence-electron chi connectivity index (χ0n) is 9.63. The molecular weight excluding hydrogens is 190 g/mol. The van der Waals surface area contributed by atoms with E-state index in [2.05, 4.69) is 49.8 Å². The van der Waals surface area contributed by atoms with E-state index in [9.17, 15) is 0 Å². The first-order valence-electron chi connectivity index (χ1n) is 5.24. The van der Waals surface area contributed by atoms with Crippen LogP contribution in [-0.4, -0.2) is 12.6 Å². The molecule has 80 valence electrons. The minimum Gasteiger partial charge on any atom is -0.314 e. The van der Waals surface area contributed by atoms with Gasteiger partial charge in [0.1, 0.15) is 0 Å². The van der Waals surface area contributed by atoms with Crippen molar-refractivity contribution in [3.8, 4) is 0 Å². The molecule has 0 fully saturated rings. The molecule has 1 rings (SSSR count). The molecule has 1 heterocycles. The van der Waals surface area contributed by atoms with E-state index in [0.29, 0.717) is 11.5 Å². The first-order valence-corrected chi connectivity index (χ1v) is 6.18. The van der Waals surface area contributed by atoms with Crippen molar-refractivity contribution >= 4 is 11.3 Å². The molecule has 1 aromatic heterocycles. The van der Waals surface area contributed by atoms with Crippen molar-refractivity contribution in [2.24, 2.45) is 5.41 Å². The van der Waals surface area contributed by atoms with Gasteiger partial charge in [-0.3, -0.25) is 0 Å². The van der Waals surface area contributed by atoms with E-state index >= 15 is 0 Å². The Labute approximate surface area is 91.5 Å². The molecule has 0 aliphatic rings. The summed E-state index contributed by atoms with van der Waals surface area (Å²) in [7, 11) is 0. The molecule has 14 heavy (non-hydrogen) atoms. The molecule has 0 radical (unpaired) electrons. The van der Waals surface area contributed by atoms with E-state index in [-0.39, 0.29) is 0 Å². The Bertz CT molecular complexity index is 249. The second kappa shape index (κ2) is 4.94. The zero-order valence-corrected chi connectivity index (χ0v) is 10.4. The van der Waals surface area contributed by atoms with Gasteiger partial charge < -0.3 is 5.32 Å². The fourth-order valence-corrected chi connectivity index (χ4v) is 2.16. The molecule has 0 atom stereocenters. The summed E-state index contributed by atoms with van der Waals surface area (Å²) in [6.45, 7) is 10.1. The van der Waals surface area contributed by atoms with Crippen molar-refractivity contribution in [3.63, 3.8) is 0 Å². The van der Waals surface area contributed by atoms with Gasteiger partial charge in [-0.2, -0.15) is 11.3 Å². The number of thiophene rings is 1. The summed E-state index contributed by atoms with van der Waals surface area (Å²) in [5, 5.41) is 7.90. The van der Waals surface area contributed by atoms with Crippen LogP contribution in [-0.2, 0) is 6.42 Å². The van der Waals surface area contributed by atoms with Crippen molar-refractivity contribution in [1.82, 2.24) is 5.32 Å². The van der Waals surface area contributed by atoms with Crippen LogP contribution >= 0.6 is 11.3 Å². The molecule has 0 unspecified atom stereocenters. The van der Waals surface area contributed by atoms with Crippen molar-refractivity contribution in [2.45, 2.75) is 40.2 Å². The summed E-state index contributed by atoms with van der Waals surface area (Å²) in [4.78, 5) is 0. The van der Waals surface area contributed by atoms with Gasteiger partial charge in [-0.25, -0.2) is 0 Å². The van der Waals surface area contributed by atoms with E-state index in [1.54, 1.807) is 11.3 Å². The lowest BCUT2D eigenvalue weighted by molar-refractivity contribution is 0.326. The number of hydrogen-bond donors (Lipinski definition) is 1. The Hall–Kier alpha value is -0.340. The Morgan fingerprint density at radius 3 is 2.64 bits per heavy atom. The van der Waals surface area contributed by atoms with Gasteiger partial charge in [0.25, 0.3) is 0 Å². The van der Waals surface area contributed by atoms with Crippen LogP contribution in [0.2, 0.25) is 0 Å². The summed E-state index contributed by atoms with van der Waals surface area (Å²) >= 11 is 1.78. The number of rotatable bonds is 5. The molecule has 0 saturated heterocycles. The highest BCUT2D eigenvalue weighted by Crippen LogP contribution is 2.22. The first-order chi connectivity index (χ1) is 6.49. The van der Waals surface area contributed by atoms with Crippen LogP contribution in [0.3, 0.4) is 0 Å². The third kappa shape index (κ3) is 4.25. The van der Waals surface area contributed by atoms with Gasteiger partial charge in [0.05, 0.1) is 0 Å². The van der Waals surface area contributed by atoms with Gasteiger partial charge in [-0.05, 0) is 34.2 Å². The predicted molar refractivity (Wildman–Crippen MR) is 64.9 cm³/mol.